The highest BCUT2D eigenvalue weighted by Gasteiger charge is 2.39. The molecule has 9 nitrogen and oxygen atoms in total. The quantitative estimate of drug-likeness (QED) is 0.647. The molecule has 0 bridgehead atoms. The SMILES string of the molecule is CN(CC(=O)N1CC(C(=O)Nc2ccccc2)CC1C#N)C(=O)c1nc2ccccc2n1C. The Morgan fingerprint density at radius 1 is 1.15 bits per heavy atom. The van der Waals surface area contributed by atoms with Gasteiger partial charge < -0.3 is 19.7 Å². The fourth-order valence-electron chi connectivity index (χ4n) is 4.06. The third-order valence-electron chi connectivity index (χ3n) is 5.88. The molecule has 0 radical (unpaired) electrons. The standard InChI is InChI=1S/C24H24N6O3/c1-28(24(33)22-27-19-10-6-7-11-20(19)29(22)2)15-21(31)30-14-16(12-18(30)13-25)23(32)26-17-8-4-3-5-9-17/h3-11,16,18H,12,14-15H2,1-2H3,(H,26,32). The second kappa shape index (κ2) is 9.12. The van der Waals surface area contributed by atoms with E-state index in [-0.39, 0.29) is 37.1 Å². The fourth-order valence-corrected chi connectivity index (χ4v) is 4.06. The maximum atomic E-state index is 13.0. The van der Waals surface area contributed by atoms with Gasteiger partial charge in [0.25, 0.3) is 5.91 Å². The van der Waals surface area contributed by atoms with Crippen LogP contribution in [0.25, 0.3) is 11.0 Å². The molecule has 2 unspecified atom stereocenters. The van der Waals surface area contributed by atoms with E-state index in [1.54, 1.807) is 23.7 Å². The molecule has 1 aromatic heterocycles. The molecular formula is C24H24N6O3. The molecule has 1 saturated heterocycles. The van der Waals surface area contributed by atoms with E-state index in [2.05, 4.69) is 16.4 Å². The number of benzene rings is 2. The van der Waals surface area contributed by atoms with Crippen molar-refractivity contribution in [3.8, 4) is 6.07 Å². The average Bonchev–Trinajstić information content (AvgIpc) is 3.41. The van der Waals surface area contributed by atoms with Crippen molar-refractivity contribution in [2.75, 3.05) is 25.5 Å². The maximum absolute atomic E-state index is 13.0. The Morgan fingerprint density at radius 2 is 1.85 bits per heavy atom. The number of carbonyl (C=O) groups excluding carboxylic acids is 3. The normalized spacial score (nSPS) is 17.5. The number of aromatic nitrogens is 2. The summed E-state index contributed by atoms with van der Waals surface area (Å²) in [5.41, 5.74) is 2.17. The molecule has 3 amide bonds. The first-order valence-electron chi connectivity index (χ1n) is 10.6. The summed E-state index contributed by atoms with van der Waals surface area (Å²) in [6, 6.07) is 17.8. The van der Waals surface area contributed by atoms with Crippen LogP contribution in [-0.4, -0.2) is 63.3 Å². The molecule has 2 aromatic carbocycles. The number of rotatable bonds is 5. The molecule has 1 aliphatic rings. The molecule has 168 valence electrons. The Morgan fingerprint density at radius 3 is 2.55 bits per heavy atom. The minimum Gasteiger partial charge on any atom is -0.330 e. The Labute approximate surface area is 191 Å². The van der Waals surface area contributed by atoms with Crippen molar-refractivity contribution in [3.05, 3.63) is 60.4 Å². The minimum absolute atomic E-state index is 0.129. The van der Waals surface area contributed by atoms with Crippen LogP contribution in [0.1, 0.15) is 17.0 Å². The van der Waals surface area contributed by atoms with E-state index in [0.29, 0.717) is 11.2 Å². The molecule has 0 spiro atoms. The number of nitriles is 1. The van der Waals surface area contributed by atoms with Gasteiger partial charge in [-0.1, -0.05) is 30.3 Å². The lowest BCUT2D eigenvalue weighted by Gasteiger charge is -2.23. The first-order chi connectivity index (χ1) is 15.9. The van der Waals surface area contributed by atoms with Crippen LogP contribution in [-0.2, 0) is 16.6 Å². The Balaban J connectivity index is 1.42. The Hall–Kier alpha value is -4.19. The zero-order valence-electron chi connectivity index (χ0n) is 18.4. The number of nitrogens with zero attached hydrogens (tertiary/aromatic N) is 5. The van der Waals surface area contributed by atoms with Crippen molar-refractivity contribution in [3.63, 3.8) is 0 Å². The van der Waals surface area contributed by atoms with Gasteiger partial charge in [-0.2, -0.15) is 5.26 Å². The number of nitrogens with one attached hydrogen (secondary N) is 1. The van der Waals surface area contributed by atoms with E-state index in [1.165, 1.54) is 16.8 Å². The summed E-state index contributed by atoms with van der Waals surface area (Å²) in [4.78, 5) is 45.6. The molecular weight excluding hydrogens is 420 g/mol. The number of carbonyl (C=O) groups is 3. The summed E-state index contributed by atoms with van der Waals surface area (Å²) in [6.07, 6.45) is 0.253. The highest BCUT2D eigenvalue weighted by Crippen LogP contribution is 2.25. The van der Waals surface area contributed by atoms with Gasteiger partial charge in [-0.25, -0.2) is 4.98 Å². The molecule has 1 aliphatic heterocycles. The third-order valence-corrected chi connectivity index (χ3v) is 5.88. The lowest BCUT2D eigenvalue weighted by Crippen LogP contribution is -2.43. The Kier molecular flexibility index (Phi) is 6.09. The zero-order chi connectivity index (χ0) is 23.5. The molecule has 1 fully saturated rings. The van der Waals surface area contributed by atoms with E-state index in [4.69, 9.17) is 0 Å². The van der Waals surface area contributed by atoms with Crippen molar-refractivity contribution in [2.24, 2.45) is 13.0 Å². The summed E-state index contributed by atoms with van der Waals surface area (Å²) >= 11 is 0. The minimum atomic E-state index is -0.719. The van der Waals surface area contributed by atoms with Gasteiger partial charge >= 0.3 is 0 Å². The number of anilines is 1. The topological polar surface area (TPSA) is 111 Å². The van der Waals surface area contributed by atoms with Gasteiger partial charge in [0.1, 0.15) is 6.04 Å². The van der Waals surface area contributed by atoms with Crippen molar-refractivity contribution in [1.82, 2.24) is 19.4 Å². The van der Waals surface area contributed by atoms with E-state index >= 15 is 0 Å². The summed E-state index contributed by atoms with van der Waals surface area (Å²) in [5, 5.41) is 12.4. The third kappa shape index (κ3) is 4.41. The molecule has 3 aromatic rings. The fraction of sp³-hybridized carbons (Fsp3) is 0.292. The number of aryl methyl sites for hydroxylation is 1. The summed E-state index contributed by atoms with van der Waals surface area (Å²) < 4.78 is 1.69. The van der Waals surface area contributed by atoms with Gasteiger partial charge in [0.2, 0.25) is 11.8 Å². The van der Waals surface area contributed by atoms with Gasteiger partial charge in [-0.05, 0) is 30.7 Å². The predicted octanol–water partition coefficient (Wildman–Crippen LogP) is 2.02. The van der Waals surface area contributed by atoms with Crippen LogP contribution in [0.3, 0.4) is 0 Å². The first-order valence-corrected chi connectivity index (χ1v) is 10.6. The molecule has 2 heterocycles. The van der Waals surface area contributed by atoms with E-state index in [0.717, 1.165) is 5.52 Å². The number of likely N-dealkylation sites (N-methyl/N-ethyl adjacent to an activating group) is 1. The number of para-hydroxylation sites is 3. The van der Waals surface area contributed by atoms with E-state index in [9.17, 15) is 19.6 Å². The highest BCUT2D eigenvalue weighted by atomic mass is 16.2. The van der Waals surface area contributed by atoms with Crippen LogP contribution in [0.5, 0.6) is 0 Å². The van der Waals surface area contributed by atoms with Crippen LogP contribution >= 0.6 is 0 Å². The summed E-state index contributed by atoms with van der Waals surface area (Å²) in [5.74, 6) is -1.29. The van der Waals surface area contributed by atoms with Gasteiger partial charge in [-0.15, -0.1) is 0 Å². The van der Waals surface area contributed by atoms with Crippen LogP contribution in [0.15, 0.2) is 54.6 Å². The van der Waals surface area contributed by atoms with Gasteiger partial charge in [-0.3, -0.25) is 14.4 Å². The Bertz CT molecular complexity index is 1250. The molecule has 0 saturated carbocycles. The lowest BCUT2D eigenvalue weighted by molar-refractivity contribution is -0.131. The van der Waals surface area contributed by atoms with Crippen molar-refractivity contribution in [1.29, 1.82) is 5.26 Å². The van der Waals surface area contributed by atoms with Crippen LogP contribution in [0.4, 0.5) is 5.69 Å². The average molecular weight is 444 g/mol. The second-order valence-electron chi connectivity index (χ2n) is 8.12. The second-order valence-corrected chi connectivity index (χ2v) is 8.12. The monoisotopic (exact) mass is 444 g/mol. The van der Waals surface area contributed by atoms with Crippen LogP contribution in [0.2, 0.25) is 0 Å². The number of fused-ring (bicyclic) bond motifs is 1. The van der Waals surface area contributed by atoms with Crippen molar-refractivity contribution < 1.29 is 14.4 Å². The van der Waals surface area contributed by atoms with Crippen LogP contribution in [0, 0.1) is 17.2 Å². The molecule has 1 N–H and O–H groups in total. The predicted molar refractivity (Wildman–Crippen MR) is 122 cm³/mol. The van der Waals surface area contributed by atoms with Gasteiger partial charge in [0, 0.05) is 26.3 Å². The van der Waals surface area contributed by atoms with E-state index in [1.807, 2.05) is 42.5 Å². The maximum Gasteiger partial charge on any atom is 0.290 e. The summed E-state index contributed by atoms with van der Waals surface area (Å²) in [6.45, 7) is -0.0860. The summed E-state index contributed by atoms with van der Waals surface area (Å²) in [7, 11) is 3.27. The van der Waals surface area contributed by atoms with Gasteiger partial charge in [0.15, 0.2) is 5.82 Å². The molecule has 9 heteroatoms. The molecule has 2 atom stereocenters. The molecule has 33 heavy (non-hydrogen) atoms. The smallest absolute Gasteiger partial charge is 0.290 e. The largest absolute Gasteiger partial charge is 0.330 e. The lowest BCUT2D eigenvalue weighted by atomic mass is 10.1. The van der Waals surface area contributed by atoms with Gasteiger partial charge in [0.05, 0.1) is 29.6 Å². The zero-order valence-corrected chi connectivity index (χ0v) is 18.4. The number of amides is 3. The molecule has 4 rings (SSSR count). The first kappa shape index (κ1) is 22.0. The molecule has 0 aliphatic carbocycles. The number of imidazole rings is 1. The number of hydrogen-bond acceptors (Lipinski definition) is 5. The van der Waals surface area contributed by atoms with E-state index < -0.39 is 17.9 Å². The number of hydrogen-bond donors (Lipinski definition) is 1. The van der Waals surface area contributed by atoms with Crippen LogP contribution < -0.4 is 5.32 Å². The highest BCUT2D eigenvalue weighted by molar-refractivity contribution is 5.97. The number of likely N-dealkylation sites (tertiary alicyclic amines) is 1. The van der Waals surface area contributed by atoms with Crippen molar-refractivity contribution >= 4 is 34.4 Å². The van der Waals surface area contributed by atoms with Crippen molar-refractivity contribution in [2.45, 2.75) is 12.5 Å².